The highest BCUT2D eigenvalue weighted by Gasteiger charge is 2.12. The van der Waals surface area contributed by atoms with Crippen LogP contribution in [0.2, 0.25) is 5.02 Å². The van der Waals surface area contributed by atoms with Gasteiger partial charge in [0.2, 0.25) is 0 Å². The molecule has 2 rings (SSSR count). The van der Waals surface area contributed by atoms with Crippen LogP contribution in [0, 0.1) is 5.82 Å². The topological polar surface area (TPSA) is 9.23 Å². The van der Waals surface area contributed by atoms with Crippen molar-refractivity contribution in [3.8, 4) is 5.75 Å². The quantitative estimate of drug-likeness (QED) is 0.746. The van der Waals surface area contributed by atoms with E-state index in [-0.39, 0.29) is 5.75 Å². The van der Waals surface area contributed by atoms with Crippen LogP contribution in [0.5, 0.6) is 5.75 Å². The molecule has 18 heavy (non-hydrogen) atoms. The predicted molar refractivity (Wildman–Crippen MR) is 74.0 cm³/mol. The third kappa shape index (κ3) is 2.98. The molecule has 0 atom stereocenters. The molecule has 0 N–H and O–H groups in total. The van der Waals surface area contributed by atoms with Crippen LogP contribution in [0.4, 0.5) is 4.39 Å². The lowest BCUT2D eigenvalue weighted by Crippen LogP contribution is -1.98. The van der Waals surface area contributed by atoms with Gasteiger partial charge in [0, 0.05) is 0 Å². The zero-order valence-corrected chi connectivity index (χ0v) is 11.4. The smallest absolute Gasteiger partial charge is 0.180 e. The van der Waals surface area contributed by atoms with E-state index in [2.05, 4.69) is 0 Å². The Morgan fingerprint density at radius 2 is 1.89 bits per heavy atom. The van der Waals surface area contributed by atoms with Crippen LogP contribution in [0.25, 0.3) is 0 Å². The van der Waals surface area contributed by atoms with Gasteiger partial charge in [-0.3, -0.25) is 0 Å². The molecule has 0 bridgehead atoms. The summed E-state index contributed by atoms with van der Waals surface area (Å²) in [5, 5.41) is 0.409. The Morgan fingerprint density at radius 3 is 2.56 bits per heavy atom. The van der Waals surface area contributed by atoms with Crippen molar-refractivity contribution < 1.29 is 9.13 Å². The number of halogens is 2. The van der Waals surface area contributed by atoms with Gasteiger partial charge in [0.15, 0.2) is 11.6 Å². The molecule has 0 aromatic heterocycles. The van der Waals surface area contributed by atoms with Crippen molar-refractivity contribution in [2.45, 2.75) is 11.5 Å². The molecule has 0 spiro atoms. The normalized spacial score (nSPS) is 10.4. The van der Waals surface area contributed by atoms with Crippen LogP contribution < -0.4 is 4.74 Å². The summed E-state index contributed by atoms with van der Waals surface area (Å²) in [6.07, 6.45) is 1.78. The fourth-order valence-electron chi connectivity index (χ4n) is 1.55. The monoisotopic (exact) mass is 282 g/mol. The Bertz CT molecular complexity index is 531. The van der Waals surface area contributed by atoms with E-state index in [4.69, 9.17) is 16.3 Å². The maximum atomic E-state index is 14.0. The van der Waals surface area contributed by atoms with Gasteiger partial charge >= 0.3 is 0 Å². The molecule has 0 radical (unpaired) electrons. The van der Waals surface area contributed by atoms with E-state index in [1.54, 1.807) is 18.4 Å². The summed E-state index contributed by atoms with van der Waals surface area (Å²) in [5.74, 6) is -0.168. The van der Waals surface area contributed by atoms with E-state index in [1.165, 1.54) is 11.8 Å². The maximum Gasteiger partial charge on any atom is 0.180 e. The average molecular weight is 283 g/mol. The number of rotatable bonds is 4. The summed E-state index contributed by atoms with van der Waals surface area (Å²) >= 11 is 7.17. The van der Waals surface area contributed by atoms with Gasteiger partial charge in [-0.2, -0.15) is 0 Å². The molecular weight excluding hydrogens is 271 g/mol. The molecule has 2 aromatic rings. The molecule has 0 saturated carbocycles. The first kappa shape index (κ1) is 13.2. The van der Waals surface area contributed by atoms with Crippen molar-refractivity contribution in [1.82, 2.24) is 0 Å². The first-order chi connectivity index (χ1) is 8.72. The highest BCUT2D eigenvalue weighted by molar-refractivity contribution is 7.98. The Labute approximate surface area is 115 Å². The van der Waals surface area contributed by atoms with Crippen LogP contribution >= 0.6 is 23.4 Å². The number of hydrogen-bond acceptors (Lipinski definition) is 2. The highest BCUT2D eigenvalue weighted by atomic mass is 35.5. The molecular formula is C14H12ClFOS. The van der Waals surface area contributed by atoms with Crippen LogP contribution in [0.1, 0.15) is 5.56 Å². The van der Waals surface area contributed by atoms with Gasteiger partial charge in [0.1, 0.15) is 6.61 Å². The summed E-state index contributed by atoms with van der Waals surface area (Å²) in [7, 11) is 0. The Morgan fingerprint density at radius 1 is 1.17 bits per heavy atom. The predicted octanol–water partition coefficient (Wildman–Crippen LogP) is 4.78. The molecule has 94 valence electrons. The van der Waals surface area contributed by atoms with Crippen molar-refractivity contribution in [2.24, 2.45) is 0 Å². The molecule has 4 heteroatoms. The van der Waals surface area contributed by atoms with E-state index < -0.39 is 5.82 Å². The van der Waals surface area contributed by atoms with Crippen LogP contribution in [0.15, 0.2) is 47.4 Å². The van der Waals surface area contributed by atoms with E-state index in [0.717, 1.165) is 5.56 Å². The molecule has 0 unspecified atom stereocenters. The molecule has 1 nitrogen and oxygen atoms in total. The van der Waals surface area contributed by atoms with Crippen molar-refractivity contribution in [3.63, 3.8) is 0 Å². The van der Waals surface area contributed by atoms with Gasteiger partial charge in [0.25, 0.3) is 0 Å². The van der Waals surface area contributed by atoms with Crippen molar-refractivity contribution in [2.75, 3.05) is 6.26 Å². The fraction of sp³-hybridized carbons (Fsp3) is 0.143. The third-order valence-corrected chi connectivity index (χ3v) is 3.69. The molecule has 0 fully saturated rings. The summed E-state index contributed by atoms with van der Waals surface area (Å²) in [6, 6.07) is 12.8. The fourth-order valence-corrected chi connectivity index (χ4v) is 2.47. The minimum absolute atomic E-state index is 0.229. The largest absolute Gasteiger partial charge is 0.486 e. The molecule has 0 aliphatic heterocycles. The second-order valence-electron chi connectivity index (χ2n) is 3.67. The average Bonchev–Trinajstić information content (AvgIpc) is 2.40. The van der Waals surface area contributed by atoms with Crippen LogP contribution in [0.3, 0.4) is 0 Å². The van der Waals surface area contributed by atoms with Crippen molar-refractivity contribution in [3.05, 3.63) is 58.9 Å². The van der Waals surface area contributed by atoms with Crippen molar-refractivity contribution in [1.29, 1.82) is 0 Å². The number of thioether (sulfide) groups is 1. The number of hydrogen-bond donors (Lipinski definition) is 0. The SMILES string of the molecule is CSc1c(Cl)ccc(OCc2ccccc2)c1F. The highest BCUT2D eigenvalue weighted by Crippen LogP contribution is 2.33. The van der Waals surface area contributed by atoms with Gasteiger partial charge in [-0.05, 0) is 24.0 Å². The van der Waals surface area contributed by atoms with Gasteiger partial charge < -0.3 is 4.74 Å². The van der Waals surface area contributed by atoms with Crippen LogP contribution in [-0.4, -0.2) is 6.26 Å². The first-order valence-corrected chi connectivity index (χ1v) is 7.01. The van der Waals surface area contributed by atoms with Crippen molar-refractivity contribution >= 4 is 23.4 Å². The van der Waals surface area contributed by atoms with Gasteiger partial charge in [0.05, 0.1) is 9.92 Å². The number of ether oxygens (including phenoxy) is 1. The second-order valence-corrected chi connectivity index (χ2v) is 4.89. The van der Waals surface area contributed by atoms with Gasteiger partial charge in [-0.25, -0.2) is 4.39 Å². The Hall–Kier alpha value is -1.19. The minimum atomic E-state index is -0.397. The van der Waals surface area contributed by atoms with E-state index in [1.807, 2.05) is 30.3 Å². The second kappa shape index (κ2) is 6.12. The Balaban J connectivity index is 2.15. The van der Waals surface area contributed by atoms with Gasteiger partial charge in [-0.1, -0.05) is 41.9 Å². The maximum absolute atomic E-state index is 14.0. The summed E-state index contributed by atoms with van der Waals surface area (Å²) in [6.45, 7) is 0.340. The van der Waals surface area contributed by atoms with E-state index in [9.17, 15) is 4.39 Å². The summed E-state index contributed by atoms with van der Waals surface area (Å²) in [4.78, 5) is 0.419. The molecule has 0 saturated heterocycles. The molecule has 0 aliphatic carbocycles. The lowest BCUT2D eigenvalue weighted by molar-refractivity contribution is 0.288. The molecule has 2 aromatic carbocycles. The van der Waals surface area contributed by atoms with E-state index in [0.29, 0.717) is 16.5 Å². The zero-order chi connectivity index (χ0) is 13.0. The lowest BCUT2D eigenvalue weighted by Gasteiger charge is -2.10. The number of benzene rings is 2. The molecule has 0 aliphatic rings. The zero-order valence-electron chi connectivity index (χ0n) is 9.82. The third-order valence-electron chi connectivity index (χ3n) is 2.45. The summed E-state index contributed by atoms with van der Waals surface area (Å²) in [5.41, 5.74) is 0.998. The molecule has 0 amide bonds. The minimum Gasteiger partial charge on any atom is -0.486 e. The first-order valence-electron chi connectivity index (χ1n) is 5.41. The molecule has 0 heterocycles. The summed E-state index contributed by atoms with van der Waals surface area (Å²) < 4.78 is 19.5. The van der Waals surface area contributed by atoms with Crippen LogP contribution in [-0.2, 0) is 6.61 Å². The lowest BCUT2D eigenvalue weighted by atomic mass is 10.2. The Kier molecular flexibility index (Phi) is 4.50. The van der Waals surface area contributed by atoms with E-state index >= 15 is 0 Å². The van der Waals surface area contributed by atoms with Gasteiger partial charge in [-0.15, -0.1) is 11.8 Å². The standard InChI is InChI=1S/C14H12ClFOS/c1-18-14-11(15)7-8-12(13(14)16)17-9-10-5-3-2-4-6-10/h2-8H,9H2,1H3.